The van der Waals surface area contributed by atoms with E-state index in [9.17, 15) is 14.0 Å². The van der Waals surface area contributed by atoms with Crippen LogP contribution in [-0.4, -0.2) is 53.3 Å². The van der Waals surface area contributed by atoms with E-state index >= 15 is 0 Å². The summed E-state index contributed by atoms with van der Waals surface area (Å²) in [6.07, 6.45) is 0. The monoisotopic (exact) mass is 528 g/mol. The number of hydrogen-bond acceptors (Lipinski definition) is 4. The highest BCUT2D eigenvalue weighted by Gasteiger charge is 2.22. The Bertz CT molecular complexity index is 1410. The van der Waals surface area contributed by atoms with E-state index in [1.807, 2.05) is 42.5 Å². The van der Waals surface area contributed by atoms with Gasteiger partial charge in [-0.15, -0.1) is 0 Å². The molecule has 7 nitrogen and oxygen atoms in total. The first-order chi connectivity index (χ1) is 18.7. The molecule has 1 heterocycles. The number of carbonyl (C=O) groups excluding carboxylic acids is 2. The maximum atomic E-state index is 13.6. The quantitative estimate of drug-likeness (QED) is 0.302. The van der Waals surface area contributed by atoms with Gasteiger partial charge in [0.25, 0.3) is 5.91 Å². The smallest absolute Gasteiger partial charge is 0.254 e. The zero-order chi connectivity index (χ0) is 28.0. The van der Waals surface area contributed by atoms with Crippen LogP contribution in [0.4, 0.5) is 10.2 Å². The van der Waals surface area contributed by atoms with Crippen molar-refractivity contribution in [3.63, 3.8) is 0 Å². The van der Waals surface area contributed by atoms with E-state index in [-0.39, 0.29) is 36.8 Å². The summed E-state index contributed by atoms with van der Waals surface area (Å²) >= 11 is 0. The van der Waals surface area contributed by atoms with E-state index in [1.54, 1.807) is 42.1 Å². The topological polar surface area (TPSA) is 76.5 Å². The molecular weight excluding hydrogens is 495 g/mol. The van der Waals surface area contributed by atoms with Crippen LogP contribution in [0.2, 0.25) is 0 Å². The zero-order valence-corrected chi connectivity index (χ0v) is 22.6. The van der Waals surface area contributed by atoms with Crippen LogP contribution < -0.4 is 5.32 Å². The number of carbonyl (C=O) groups is 2. The molecule has 39 heavy (non-hydrogen) atoms. The number of ether oxygens (including phenoxy) is 1. The van der Waals surface area contributed by atoms with Gasteiger partial charge in [-0.2, -0.15) is 5.10 Å². The molecule has 0 unspecified atom stereocenters. The van der Waals surface area contributed by atoms with Gasteiger partial charge < -0.3 is 15.0 Å². The Kier molecular flexibility index (Phi) is 8.56. The van der Waals surface area contributed by atoms with Gasteiger partial charge in [0.15, 0.2) is 0 Å². The fourth-order valence-electron chi connectivity index (χ4n) is 4.10. The van der Waals surface area contributed by atoms with Crippen molar-refractivity contribution in [3.8, 4) is 16.9 Å². The van der Waals surface area contributed by atoms with Crippen molar-refractivity contribution in [3.05, 3.63) is 102 Å². The molecule has 0 radical (unpaired) electrons. The third kappa shape index (κ3) is 6.97. The van der Waals surface area contributed by atoms with Crippen molar-refractivity contribution in [2.24, 2.45) is 0 Å². The van der Waals surface area contributed by atoms with Crippen LogP contribution in [0.3, 0.4) is 0 Å². The van der Waals surface area contributed by atoms with Crippen molar-refractivity contribution in [2.45, 2.75) is 26.2 Å². The van der Waals surface area contributed by atoms with Crippen LogP contribution in [-0.2, 0) is 14.9 Å². The Balaban J connectivity index is 1.57. The third-order valence-electron chi connectivity index (χ3n) is 6.30. The standard InChI is InChI=1S/C31H33FN4O3/c1-31(2,3)24-12-10-23(11-13-24)30(38)35(18-19-39-4)21-29(37)33-28-20-27(22-8-6-5-7-9-22)34-36(28)26-16-14-25(32)15-17-26/h5-17,20H,18-19,21H2,1-4H3,(H,33,37). The van der Waals surface area contributed by atoms with Gasteiger partial charge in [0, 0.05) is 30.8 Å². The molecule has 0 fully saturated rings. The molecule has 1 N–H and O–H groups in total. The molecule has 1 aromatic heterocycles. The van der Waals surface area contributed by atoms with Gasteiger partial charge in [-0.1, -0.05) is 63.2 Å². The number of nitrogens with zero attached hydrogens (tertiary/aromatic N) is 3. The first kappa shape index (κ1) is 27.7. The van der Waals surface area contributed by atoms with Gasteiger partial charge in [-0.25, -0.2) is 9.07 Å². The number of benzene rings is 3. The van der Waals surface area contributed by atoms with Gasteiger partial charge >= 0.3 is 0 Å². The van der Waals surface area contributed by atoms with Gasteiger partial charge in [0.2, 0.25) is 5.91 Å². The second kappa shape index (κ2) is 12.0. The number of rotatable bonds is 9. The van der Waals surface area contributed by atoms with Crippen LogP contribution in [0.15, 0.2) is 84.9 Å². The lowest BCUT2D eigenvalue weighted by molar-refractivity contribution is -0.117. The summed E-state index contributed by atoms with van der Waals surface area (Å²) in [4.78, 5) is 28.1. The molecule has 4 aromatic rings. The van der Waals surface area contributed by atoms with Gasteiger partial charge in [0.1, 0.15) is 18.2 Å². The molecule has 8 heteroatoms. The number of hydrogen-bond donors (Lipinski definition) is 1. The minimum absolute atomic E-state index is 0.0384. The Labute approximate surface area is 228 Å². The highest BCUT2D eigenvalue weighted by molar-refractivity contribution is 5.99. The zero-order valence-electron chi connectivity index (χ0n) is 22.6. The van der Waals surface area contributed by atoms with Crippen LogP contribution in [0, 0.1) is 5.82 Å². The Morgan fingerprint density at radius 2 is 1.64 bits per heavy atom. The fraction of sp³-hybridized carbons (Fsp3) is 0.258. The number of methoxy groups -OCH3 is 1. The average Bonchev–Trinajstić information content (AvgIpc) is 3.34. The van der Waals surface area contributed by atoms with Gasteiger partial charge in [-0.05, 0) is 47.4 Å². The summed E-state index contributed by atoms with van der Waals surface area (Å²) in [6.45, 7) is 6.68. The minimum atomic E-state index is -0.395. The predicted octanol–water partition coefficient (Wildman–Crippen LogP) is 5.70. The summed E-state index contributed by atoms with van der Waals surface area (Å²) in [7, 11) is 1.55. The first-order valence-corrected chi connectivity index (χ1v) is 12.8. The number of anilines is 1. The van der Waals surface area contributed by atoms with E-state index in [2.05, 4.69) is 31.2 Å². The SMILES string of the molecule is COCCN(CC(=O)Nc1cc(-c2ccccc2)nn1-c1ccc(F)cc1)C(=O)c1ccc(C(C)(C)C)cc1. The Morgan fingerprint density at radius 3 is 2.26 bits per heavy atom. The summed E-state index contributed by atoms with van der Waals surface area (Å²) in [5.41, 5.74) is 3.66. The lowest BCUT2D eigenvalue weighted by Crippen LogP contribution is -2.40. The molecule has 0 atom stereocenters. The lowest BCUT2D eigenvalue weighted by Gasteiger charge is -2.23. The molecule has 0 bridgehead atoms. The van der Waals surface area contributed by atoms with E-state index in [0.29, 0.717) is 22.8 Å². The van der Waals surface area contributed by atoms with Crippen LogP contribution in [0.1, 0.15) is 36.7 Å². The van der Waals surface area contributed by atoms with E-state index < -0.39 is 5.91 Å². The number of aromatic nitrogens is 2. The highest BCUT2D eigenvalue weighted by atomic mass is 19.1. The largest absolute Gasteiger partial charge is 0.383 e. The van der Waals surface area contributed by atoms with Crippen LogP contribution >= 0.6 is 0 Å². The Hall–Kier alpha value is -4.30. The number of amides is 2. The average molecular weight is 529 g/mol. The summed E-state index contributed by atoms with van der Waals surface area (Å²) in [5, 5.41) is 7.54. The molecule has 3 aromatic carbocycles. The predicted molar refractivity (Wildman–Crippen MR) is 151 cm³/mol. The molecule has 0 spiro atoms. The highest BCUT2D eigenvalue weighted by Crippen LogP contribution is 2.25. The molecule has 0 aliphatic heterocycles. The second-order valence-corrected chi connectivity index (χ2v) is 10.3. The van der Waals surface area contributed by atoms with Crippen LogP contribution in [0.5, 0.6) is 0 Å². The maximum Gasteiger partial charge on any atom is 0.254 e. The van der Waals surface area contributed by atoms with E-state index in [1.165, 1.54) is 17.0 Å². The van der Waals surface area contributed by atoms with Gasteiger partial charge in [-0.3, -0.25) is 9.59 Å². The van der Waals surface area contributed by atoms with Crippen molar-refractivity contribution in [2.75, 3.05) is 32.1 Å². The molecular formula is C31H33FN4O3. The van der Waals surface area contributed by atoms with Crippen molar-refractivity contribution in [1.82, 2.24) is 14.7 Å². The molecule has 0 aliphatic carbocycles. The third-order valence-corrected chi connectivity index (χ3v) is 6.30. The summed E-state index contributed by atoms with van der Waals surface area (Å²) in [5.74, 6) is -0.630. The summed E-state index contributed by atoms with van der Waals surface area (Å²) in [6, 6.07) is 24.6. The van der Waals surface area contributed by atoms with E-state index in [4.69, 9.17) is 4.74 Å². The molecule has 2 amide bonds. The van der Waals surface area contributed by atoms with Crippen molar-refractivity contribution in [1.29, 1.82) is 0 Å². The van der Waals surface area contributed by atoms with Gasteiger partial charge in [0.05, 0.1) is 18.0 Å². The van der Waals surface area contributed by atoms with Crippen molar-refractivity contribution >= 4 is 17.6 Å². The fourth-order valence-corrected chi connectivity index (χ4v) is 4.10. The maximum absolute atomic E-state index is 13.6. The minimum Gasteiger partial charge on any atom is -0.383 e. The molecule has 0 aliphatic rings. The number of nitrogens with one attached hydrogen (secondary N) is 1. The van der Waals surface area contributed by atoms with E-state index in [0.717, 1.165) is 11.1 Å². The summed E-state index contributed by atoms with van der Waals surface area (Å²) < 4.78 is 20.3. The molecule has 0 saturated heterocycles. The normalized spacial score (nSPS) is 11.3. The van der Waals surface area contributed by atoms with Crippen molar-refractivity contribution < 1.29 is 18.7 Å². The number of halogens is 1. The first-order valence-electron chi connectivity index (χ1n) is 12.8. The molecule has 202 valence electrons. The van der Waals surface area contributed by atoms with Crippen LogP contribution in [0.25, 0.3) is 16.9 Å². The molecule has 0 saturated carbocycles. The lowest BCUT2D eigenvalue weighted by atomic mass is 9.86. The molecule has 4 rings (SSSR count). The Morgan fingerprint density at radius 1 is 0.974 bits per heavy atom. The second-order valence-electron chi connectivity index (χ2n) is 10.3.